The lowest BCUT2D eigenvalue weighted by Gasteiger charge is -2.09. The quantitative estimate of drug-likeness (QED) is 0.526. The van der Waals surface area contributed by atoms with E-state index < -0.39 is 0 Å². The highest BCUT2D eigenvalue weighted by Crippen LogP contribution is 2.31. The summed E-state index contributed by atoms with van der Waals surface area (Å²) in [5, 5.41) is 0.504. The first-order chi connectivity index (χ1) is 9.47. The average molecular weight is 466 g/mol. The Hall–Kier alpha value is -0.860. The van der Waals surface area contributed by atoms with Crippen molar-refractivity contribution in [2.75, 3.05) is 5.73 Å². The van der Waals surface area contributed by atoms with Gasteiger partial charge in [-0.25, -0.2) is 9.37 Å². The Kier molecular flexibility index (Phi) is 3.64. The molecule has 0 aliphatic heterocycles. The zero-order valence-electron chi connectivity index (χ0n) is 9.87. The van der Waals surface area contributed by atoms with Crippen LogP contribution in [0.4, 0.5) is 10.3 Å². The number of halogens is 4. The van der Waals surface area contributed by atoms with Gasteiger partial charge in [-0.2, -0.15) is 0 Å². The van der Waals surface area contributed by atoms with Gasteiger partial charge >= 0.3 is 0 Å². The third kappa shape index (κ3) is 2.29. The topological polar surface area (TPSA) is 43.8 Å². The van der Waals surface area contributed by atoms with Crippen molar-refractivity contribution in [3.8, 4) is 5.69 Å². The Bertz CT molecular complexity index is 834. The van der Waals surface area contributed by atoms with E-state index in [-0.39, 0.29) is 11.8 Å². The third-order valence-electron chi connectivity index (χ3n) is 2.87. The van der Waals surface area contributed by atoms with Crippen LogP contribution < -0.4 is 5.73 Å². The molecule has 2 N–H and O–H groups in total. The van der Waals surface area contributed by atoms with E-state index in [2.05, 4.69) is 20.9 Å². The highest BCUT2D eigenvalue weighted by Gasteiger charge is 2.15. The van der Waals surface area contributed by atoms with Crippen molar-refractivity contribution in [1.29, 1.82) is 0 Å². The number of benzene rings is 2. The summed E-state index contributed by atoms with van der Waals surface area (Å²) in [5.74, 6) is -0.0434. The molecule has 0 radical (unpaired) electrons. The first-order valence-electron chi connectivity index (χ1n) is 5.56. The number of imidazole rings is 1. The van der Waals surface area contributed by atoms with Crippen LogP contribution in [-0.4, -0.2) is 9.55 Å². The molecule has 0 amide bonds. The second-order valence-electron chi connectivity index (χ2n) is 4.16. The standard InChI is InChI=1S/C13H7BrClFIN3/c14-6-1-2-11(7(15)3-6)20-12-4-8(16)9(17)5-10(12)19-13(20)18/h1-5H,(H2,18,19). The number of hydrogen-bond donors (Lipinski definition) is 1. The van der Waals surface area contributed by atoms with Crippen molar-refractivity contribution >= 4 is 67.1 Å². The fraction of sp³-hybridized carbons (Fsp3) is 0. The van der Waals surface area contributed by atoms with E-state index in [1.807, 2.05) is 28.7 Å². The molecule has 0 spiro atoms. The summed E-state index contributed by atoms with van der Waals surface area (Å²) in [4.78, 5) is 4.25. The Morgan fingerprint density at radius 2 is 2.05 bits per heavy atom. The largest absolute Gasteiger partial charge is 0.369 e. The van der Waals surface area contributed by atoms with Gasteiger partial charge in [0.25, 0.3) is 0 Å². The number of hydrogen-bond acceptors (Lipinski definition) is 2. The molecular weight excluding hydrogens is 459 g/mol. The molecule has 0 saturated heterocycles. The predicted molar refractivity (Wildman–Crippen MR) is 90.9 cm³/mol. The smallest absolute Gasteiger partial charge is 0.205 e. The maximum Gasteiger partial charge on any atom is 0.205 e. The number of fused-ring (bicyclic) bond motifs is 1. The molecule has 7 heteroatoms. The van der Waals surface area contributed by atoms with Gasteiger partial charge in [0.1, 0.15) is 5.82 Å². The van der Waals surface area contributed by atoms with Crippen LogP contribution in [-0.2, 0) is 0 Å². The van der Waals surface area contributed by atoms with Gasteiger partial charge in [-0.05, 0) is 46.9 Å². The Morgan fingerprint density at radius 1 is 1.30 bits per heavy atom. The molecule has 2 aromatic carbocycles. The van der Waals surface area contributed by atoms with Crippen LogP contribution in [0.2, 0.25) is 5.02 Å². The maximum atomic E-state index is 13.8. The fourth-order valence-corrected chi connectivity index (χ4v) is 3.22. The second-order valence-corrected chi connectivity index (χ2v) is 6.64. The summed E-state index contributed by atoms with van der Waals surface area (Å²) in [6, 6.07) is 8.48. The Morgan fingerprint density at radius 3 is 2.75 bits per heavy atom. The monoisotopic (exact) mass is 465 g/mol. The van der Waals surface area contributed by atoms with Crippen molar-refractivity contribution in [3.63, 3.8) is 0 Å². The van der Waals surface area contributed by atoms with Crippen LogP contribution in [0.5, 0.6) is 0 Å². The van der Waals surface area contributed by atoms with Gasteiger partial charge in [0.15, 0.2) is 0 Å². The molecule has 102 valence electrons. The zero-order valence-corrected chi connectivity index (χ0v) is 14.4. The van der Waals surface area contributed by atoms with Crippen molar-refractivity contribution in [3.05, 3.63) is 49.2 Å². The predicted octanol–water partition coefficient (Wildman–Crippen LogP) is 4.77. The van der Waals surface area contributed by atoms with Crippen LogP contribution >= 0.6 is 50.1 Å². The first-order valence-corrected chi connectivity index (χ1v) is 7.81. The van der Waals surface area contributed by atoms with Gasteiger partial charge in [-0.15, -0.1) is 0 Å². The summed E-state index contributed by atoms with van der Waals surface area (Å²) in [7, 11) is 0. The van der Waals surface area contributed by atoms with Crippen molar-refractivity contribution in [2.45, 2.75) is 0 Å². The minimum atomic E-state index is -0.313. The zero-order chi connectivity index (χ0) is 14.4. The number of nitrogen functional groups attached to an aromatic ring is 1. The molecule has 0 aliphatic rings. The van der Waals surface area contributed by atoms with Crippen LogP contribution in [0, 0.1) is 9.39 Å². The summed E-state index contributed by atoms with van der Waals surface area (Å²) in [6.07, 6.45) is 0. The van der Waals surface area contributed by atoms with E-state index in [4.69, 9.17) is 17.3 Å². The average Bonchev–Trinajstić information content (AvgIpc) is 2.66. The van der Waals surface area contributed by atoms with Gasteiger partial charge in [-0.1, -0.05) is 27.5 Å². The van der Waals surface area contributed by atoms with E-state index >= 15 is 0 Å². The number of nitrogens with two attached hydrogens (primary N) is 1. The molecule has 3 nitrogen and oxygen atoms in total. The highest BCUT2D eigenvalue weighted by atomic mass is 127. The molecule has 0 fully saturated rings. The van der Waals surface area contributed by atoms with Crippen molar-refractivity contribution in [1.82, 2.24) is 9.55 Å². The molecule has 3 aromatic rings. The summed E-state index contributed by atoms with van der Waals surface area (Å²) < 4.78 is 16.8. The first kappa shape index (κ1) is 14.1. The third-order valence-corrected chi connectivity index (χ3v) is 4.50. The number of rotatable bonds is 1. The molecule has 1 aromatic heterocycles. The minimum absolute atomic E-state index is 0.269. The Labute approximate surface area is 141 Å². The summed E-state index contributed by atoms with van der Waals surface area (Å²) in [5.41, 5.74) is 7.83. The number of aromatic nitrogens is 2. The summed E-state index contributed by atoms with van der Waals surface area (Å²) in [6.45, 7) is 0. The van der Waals surface area contributed by atoms with Crippen LogP contribution in [0.1, 0.15) is 0 Å². The molecule has 0 atom stereocenters. The van der Waals surface area contributed by atoms with Gasteiger partial charge in [0.05, 0.1) is 25.3 Å². The van der Waals surface area contributed by atoms with Gasteiger partial charge < -0.3 is 5.73 Å². The lowest BCUT2D eigenvalue weighted by atomic mass is 10.2. The second kappa shape index (κ2) is 5.16. The van der Waals surface area contributed by atoms with Crippen molar-refractivity contribution < 1.29 is 4.39 Å². The highest BCUT2D eigenvalue weighted by molar-refractivity contribution is 14.1. The fourth-order valence-electron chi connectivity index (χ4n) is 2.01. The number of nitrogens with zero attached hydrogens (tertiary/aromatic N) is 2. The van der Waals surface area contributed by atoms with Crippen LogP contribution in [0.15, 0.2) is 34.8 Å². The molecule has 1 heterocycles. The molecule has 0 saturated carbocycles. The SMILES string of the molecule is Nc1nc2cc(I)c(F)cc2n1-c1ccc(Br)cc1Cl. The van der Waals surface area contributed by atoms with E-state index in [1.165, 1.54) is 6.07 Å². The van der Waals surface area contributed by atoms with Crippen molar-refractivity contribution in [2.24, 2.45) is 0 Å². The van der Waals surface area contributed by atoms with Gasteiger partial charge in [0.2, 0.25) is 5.95 Å². The lowest BCUT2D eigenvalue weighted by Crippen LogP contribution is -2.01. The maximum absolute atomic E-state index is 13.8. The van der Waals surface area contributed by atoms with Gasteiger partial charge in [0, 0.05) is 10.5 Å². The molecular formula is C13H7BrClFIN3. The molecule has 3 rings (SSSR count). The normalized spacial score (nSPS) is 11.2. The molecule has 20 heavy (non-hydrogen) atoms. The Balaban J connectivity index is 2.35. The van der Waals surface area contributed by atoms with Crippen LogP contribution in [0.3, 0.4) is 0 Å². The molecule has 0 unspecified atom stereocenters. The molecule has 0 aliphatic carbocycles. The van der Waals surface area contributed by atoms with E-state index in [9.17, 15) is 4.39 Å². The minimum Gasteiger partial charge on any atom is -0.369 e. The van der Waals surface area contributed by atoms with E-state index in [0.29, 0.717) is 25.3 Å². The van der Waals surface area contributed by atoms with Crippen LogP contribution in [0.25, 0.3) is 16.7 Å². The number of anilines is 1. The lowest BCUT2D eigenvalue weighted by molar-refractivity contribution is 0.622. The van der Waals surface area contributed by atoms with Gasteiger partial charge in [-0.3, -0.25) is 4.57 Å². The molecule has 0 bridgehead atoms. The van der Waals surface area contributed by atoms with E-state index in [1.54, 1.807) is 22.8 Å². The summed E-state index contributed by atoms with van der Waals surface area (Å²) >= 11 is 11.5. The van der Waals surface area contributed by atoms with E-state index in [0.717, 1.165) is 4.47 Å².